The Kier molecular flexibility index (Phi) is 4.78. The molecule has 6 nitrogen and oxygen atoms in total. The molecule has 0 aliphatic heterocycles. The van der Waals surface area contributed by atoms with Crippen molar-refractivity contribution in [3.05, 3.63) is 40.4 Å². The maximum Gasteiger partial charge on any atom is 0.285 e. The number of nitrogens with one attached hydrogen (secondary N) is 1. The second-order valence-corrected chi connectivity index (χ2v) is 4.64. The number of ether oxygens (including phenoxy) is 1. The van der Waals surface area contributed by atoms with E-state index in [0.29, 0.717) is 17.2 Å². The van der Waals surface area contributed by atoms with E-state index in [4.69, 9.17) is 4.74 Å². The molecule has 2 rings (SSSR count). The van der Waals surface area contributed by atoms with Crippen molar-refractivity contribution in [1.82, 2.24) is 15.0 Å². The molecule has 0 fully saturated rings. The number of hydrogen-bond acceptors (Lipinski definition) is 6. The molecule has 0 aliphatic carbocycles. The van der Waals surface area contributed by atoms with Crippen LogP contribution in [0.1, 0.15) is 27.9 Å². The highest BCUT2D eigenvalue weighted by molar-refractivity contribution is 7.07. The molecule has 1 amide bonds. The van der Waals surface area contributed by atoms with Crippen molar-refractivity contribution in [3.8, 4) is 5.75 Å². The predicted molar refractivity (Wildman–Crippen MR) is 77.3 cm³/mol. The third-order valence-corrected chi connectivity index (χ3v) is 3.26. The molecule has 0 saturated carbocycles. The number of aryl methyl sites for hydroxylation is 1. The van der Waals surface area contributed by atoms with Crippen LogP contribution in [0, 0.1) is 6.92 Å². The largest absolute Gasteiger partial charge is 0.494 e. The quantitative estimate of drug-likeness (QED) is 0.675. The fraction of sp³-hybridized carbons (Fsp3) is 0.231. The number of rotatable bonds is 5. The Balaban J connectivity index is 1.93. The number of carbonyl (C=O) groups is 1. The van der Waals surface area contributed by atoms with Crippen molar-refractivity contribution < 1.29 is 9.53 Å². The zero-order valence-electron chi connectivity index (χ0n) is 11.2. The van der Waals surface area contributed by atoms with E-state index in [9.17, 15) is 4.79 Å². The predicted octanol–water partition coefficient (Wildman–Crippen LogP) is 2.01. The van der Waals surface area contributed by atoms with E-state index in [-0.39, 0.29) is 5.91 Å². The molecule has 2 aromatic rings. The fourth-order valence-corrected chi connectivity index (χ4v) is 2.02. The standard InChI is InChI=1S/C13H14N4O2S/c1-3-19-11-6-4-10(5-7-11)8-14-16-13(18)12-9(2)15-17-20-12/h4-8H,3H2,1-2H3,(H,16,18). The molecule has 0 unspecified atom stereocenters. The molecule has 0 radical (unpaired) electrons. The van der Waals surface area contributed by atoms with Gasteiger partial charge in [0.2, 0.25) is 0 Å². The lowest BCUT2D eigenvalue weighted by atomic mass is 10.2. The summed E-state index contributed by atoms with van der Waals surface area (Å²) in [5, 5.41) is 7.67. The molecule has 1 heterocycles. The van der Waals surface area contributed by atoms with Crippen LogP contribution in [0.5, 0.6) is 5.75 Å². The number of nitrogens with zero attached hydrogens (tertiary/aromatic N) is 3. The molecule has 0 atom stereocenters. The zero-order chi connectivity index (χ0) is 14.4. The molecule has 0 bridgehead atoms. The van der Waals surface area contributed by atoms with Crippen molar-refractivity contribution in [2.75, 3.05) is 6.61 Å². The van der Waals surface area contributed by atoms with Crippen LogP contribution in [0.2, 0.25) is 0 Å². The maximum atomic E-state index is 11.7. The van der Waals surface area contributed by atoms with Gasteiger partial charge in [0.25, 0.3) is 5.91 Å². The summed E-state index contributed by atoms with van der Waals surface area (Å²) < 4.78 is 9.04. The summed E-state index contributed by atoms with van der Waals surface area (Å²) in [6.45, 7) is 4.29. The van der Waals surface area contributed by atoms with Crippen molar-refractivity contribution in [2.24, 2.45) is 5.10 Å². The van der Waals surface area contributed by atoms with E-state index in [1.54, 1.807) is 13.1 Å². The monoisotopic (exact) mass is 290 g/mol. The van der Waals surface area contributed by atoms with Gasteiger partial charge in [0.05, 0.1) is 18.5 Å². The lowest BCUT2D eigenvalue weighted by Gasteiger charge is -2.02. The average molecular weight is 290 g/mol. The highest BCUT2D eigenvalue weighted by atomic mass is 32.1. The second kappa shape index (κ2) is 6.76. The summed E-state index contributed by atoms with van der Waals surface area (Å²) in [6, 6.07) is 7.42. The first-order chi connectivity index (χ1) is 9.70. The van der Waals surface area contributed by atoms with Crippen molar-refractivity contribution in [2.45, 2.75) is 13.8 Å². The highest BCUT2D eigenvalue weighted by Crippen LogP contribution is 2.11. The molecule has 0 aliphatic rings. The zero-order valence-corrected chi connectivity index (χ0v) is 12.0. The Labute approximate surface area is 120 Å². The molecule has 1 N–H and O–H groups in total. The van der Waals surface area contributed by atoms with Gasteiger partial charge in [-0.05, 0) is 55.2 Å². The van der Waals surface area contributed by atoms with Gasteiger partial charge in [-0.15, -0.1) is 5.10 Å². The Morgan fingerprint density at radius 3 is 2.80 bits per heavy atom. The maximum absolute atomic E-state index is 11.7. The van der Waals surface area contributed by atoms with E-state index < -0.39 is 0 Å². The highest BCUT2D eigenvalue weighted by Gasteiger charge is 2.11. The first-order valence-corrected chi connectivity index (χ1v) is 6.83. The van der Waals surface area contributed by atoms with Gasteiger partial charge in [0, 0.05) is 0 Å². The third-order valence-electron chi connectivity index (χ3n) is 2.43. The number of amides is 1. The van der Waals surface area contributed by atoms with Crippen molar-refractivity contribution in [1.29, 1.82) is 0 Å². The van der Waals surface area contributed by atoms with E-state index in [2.05, 4.69) is 20.1 Å². The molecule has 104 valence electrons. The Morgan fingerprint density at radius 2 is 2.20 bits per heavy atom. The molecule has 1 aromatic carbocycles. The normalized spacial score (nSPS) is 10.7. The van der Waals surface area contributed by atoms with Gasteiger partial charge in [-0.3, -0.25) is 4.79 Å². The number of benzene rings is 1. The van der Waals surface area contributed by atoms with Crippen LogP contribution in [0.25, 0.3) is 0 Å². The minimum absolute atomic E-state index is 0.306. The van der Waals surface area contributed by atoms with Gasteiger partial charge in [0.15, 0.2) is 0 Å². The smallest absolute Gasteiger partial charge is 0.285 e. The van der Waals surface area contributed by atoms with Gasteiger partial charge in [0.1, 0.15) is 10.6 Å². The van der Waals surface area contributed by atoms with E-state index >= 15 is 0 Å². The van der Waals surface area contributed by atoms with Crippen LogP contribution < -0.4 is 10.2 Å². The Bertz CT molecular complexity index is 607. The van der Waals surface area contributed by atoms with Crippen LogP contribution in [-0.4, -0.2) is 28.3 Å². The number of hydrazone groups is 1. The van der Waals surface area contributed by atoms with Gasteiger partial charge < -0.3 is 4.74 Å². The third kappa shape index (κ3) is 3.61. The minimum Gasteiger partial charge on any atom is -0.494 e. The van der Waals surface area contributed by atoms with Gasteiger partial charge in [-0.2, -0.15) is 5.10 Å². The topological polar surface area (TPSA) is 76.5 Å². The SMILES string of the molecule is CCOc1ccc(C=NNC(=O)c2snnc2C)cc1. The summed E-state index contributed by atoms with van der Waals surface area (Å²) in [4.78, 5) is 12.2. The lowest BCUT2D eigenvalue weighted by Crippen LogP contribution is -2.17. The van der Waals surface area contributed by atoms with Gasteiger partial charge in [-0.25, -0.2) is 5.43 Å². The van der Waals surface area contributed by atoms with Crippen LogP contribution >= 0.6 is 11.5 Å². The fourth-order valence-electron chi connectivity index (χ4n) is 1.47. The van der Waals surface area contributed by atoms with E-state index in [1.165, 1.54) is 0 Å². The summed E-state index contributed by atoms with van der Waals surface area (Å²) in [7, 11) is 0. The number of aromatic nitrogens is 2. The summed E-state index contributed by atoms with van der Waals surface area (Å²) in [5.41, 5.74) is 3.91. The van der Waals surface area contributed by atoms with Gasteiger partial charge in [-0.1, -0.05) is 4.49 Å². The number of carbonyl (C=O) groups excluding carboxylic acids is 1. The van der Waals surface area contributed by atoms with E-state index in [1.807, 2.05) is 31.2 Å². The van der Waals surface area contributed by atoms with Crippen molar-refractivity contribution in [3.63, 3.8) is 0 Å². The molecule has 1 aromatic heterocycles. The van der Waals surface area contributed by atoms with Crippen molar-refractivity contribution >= 4 is 23.7 Å². The Morgan fingerprint density at radius 1 is 1.45 bits per heavy atom. The molecule has 0 saturated heterocycles. The minimum atomic E-state index is -0.306. The second-order valence-electron chi connectivity index (χ2n) is 3.89. The summed E-state index contributed by atoms with van der Waals surface area (Å²) in [5.74, 6) is 0.500. The number of hydrogen-bond donors (Lipinski definition) is 1. The van der Waals surface area contributed by atoms with E-state index in [0.717, 1.165) is 22.8 Å². The molecule has 7 heteroatoms. The van der Waals surface area contributed by atoms with Crippen LogP contribution in [0.15, 0.2) is 29.4 Å². The molecular formula is C13H14N4O2S. The van der Waals surface area contributed by atoms with Crippen LogP contribution in [0.3, 0.4) is 0 Å². The summed E-state index contributed by atoms with van der Waals surface area (Å²) in [6.07, 6.45) is 1.57. The van der Waals surface area contributed by atoms with Crippen LogP contribution in [-0.2, 0) is 0 Å². The average Bonchev–Trinajstić information content (AvgIpc) is 2.87. The molecule has 0 spiro atoms. The first-order valence-electron chi connectivity index (χ1n) is 6.06. The molecular weight excluding hydrogens is 276 g/mol. The molecule has 20 heavy (non-hydrogen) atoms. The van der Waals surface area contributed by atoms with Crippen LogP contribution in [0.4, 0.5) is 0 Å². The van der Waals surface area contributed by atoms with Gasteiger partial charge >= 0.3 is 0 Å². The Hall–Kier alpha value is -2.28. The summed E-state index contributed by atoms with van der Waals surface area (Å²) >= 11 is 1.05. The lowest BCUT2D eigenvalue weighted by molar-refractivity contribution is 0.0958. The first kappa shape index (κ1) is 14.1.